The molecule has 0 unspecified atom stereocenters. The predicted octanol–water partition coefficient (Wildman–Crippen LogP) is 4.24. The Hall–Kier alpha value is -3.19. The van der Waals surface area contributed by atoms with Gasteiger partial charge in [0.05, 0.1) is 0 Å². The first kappa shape index (κ1) is 16.3. The molecule has 0 spiro atoms. The minimum Gasteiger partial charge on any atom is -0.454 e. The molecule has 1 aliphatic heterocycles. The third-order valence-corrected chi connectivity index (χ3v) is 4.36. The molecule has 0 radical (unpaired) electrons. The number of halogens is 1. The Kier molecular flexibility index (Phi) is 4.14. The van der Waals surface area contributed by atoms with Crippen molar-refractivity contribution in [3.63, 3.8) is 0 Å². The zero-order valence-corrected chi connectivity index (χ0v) is 14.7. The molecule has 0 bridgehead atoms. The van der Waals surface area contributed by atoms with Crippen LogP contribution in [-0.4, -0.2) is 16.8 Å². The highest BCUT2D eigenvalue weighted by Gasteiger charge is 2.15. The molecule has 0 aliphatic carbocycles. The summed E-state index contributed by atoms with van der Waals surface area (Å²) in [5.74, 6) is 2.36. The summed E-state index contributed by atoms with van der Waals surface area (Å²) >= 11 is 6.17. The van der Waals surface area contributed by atoms with E-state index in [9.17, 15) is 0 Å². The van der Waals surface area contributed by atoms with Crippen molar-refractivity contribution < 1.29 is 9.47 Å². The molecule has 26 heavy (non-hydrogen) atoms. The van der Waals surface area contributed by atoms with Gasteiger partial charge in [-0.25, -0.2) is 9.97 Å². The molecule has 0 fully saturated rings. The molecule has 4 N–H and O–H groups in total. The van der Waals surface area contributed by atoms with Crippen LogP contribution in [-0.2, 0) is 0 Å². The van der Waals surface area contributed by atoms with E-state index in [2.05, 4.69) is 20.6 Å². The Morgan fingerprint density at radius 3 is 2.35 bits per heavy atom. The first-order valence-corrected chi connectivity index (χ1v) is 8.28. The molecule has 0 saturated carbocycles. The van der Waals surface area contributed by atoms with E-state index in [1.54, 1.807) is 0 Å². The van der Waals surface area contributed by atoms with Crippen molar-refractivity contribution in [1.29, 1.82) is 0 Å². The summed E-state index contributed by atoms with van der Waals surface area (Å²) in [5, 5.41) is 7.00. The van der Waals surface area contributed by atoms with Gasteiger partial charge in [0.2, 0.25) is 6.79 Å². The maximum absolute atomic E-state index is 6.22. The van der Waals surface area contributed by atoms with E-state index in [4.69, 9.17) is 26.8 Å². The minimum atomic E-state index is 0.224. The maximum Gasteiger partial charge on any atom is 0.231 e. The van der Waals surface area contributed by atoms with Crippen molar-refractivity contribution in [1.82, 2.24) is 9.97 Å². The molecule has 0 saturated heterocycles. The third kappa shape index (κ3) is 3.16. The van der Waals surface area contributed by atoms with Crippen molar-refractivity contribution in [2.75, 3.05) is 23.2 Å². The molecule has 1 aliphatic rings. The van der Waals surface area contributed by atoms with Crippen LogP contribution in [0.15, 0.2) is 42.7 Å². The quantitative estimate of drug-likeness (QED) is 0.633. The van der Waals surface area contributed by atoms with Crippen molar-refractivity contribution >= 4 is 40.3 Å². The van der Waals surface area contributed by atoms with Crippen LogP contribution in [0.5, 0.6) is 11.5 Å². The van der Waals surface area contributed by atoms with Gasteiger partial charge in [-0.1, -0.05) is 17.7 Å². The molecule has 1 aromatic heterocycles. The van der Waals surface area contributed by atoms with E-state index in [1.165, 1.54) is 6.33 Å². The topological polar surface area (TPSA) is 94.3 Å². The second-order valence-corrected chi connectivity index (χ2v) is 6.17. The van der Waals surface area contributed by atoms with E-state index in [0.29, 0.717) is 33.8 Å². The Morgan fingerprint density at radius 2 is 1.62 bits per heavy atom. The van der Waals surface area contributed by atoms with Crippen molar-refractivity contribution in [2.24, 2.45) is 0 Å². The van der Waals surface area contributed by atoms with Crippen LogP contribution < -0.4 is 25.8 Å². The van der Waals surface area contributed by atoms with Gasteiger partial charge in [0.25, 0.3) is 0 Å². The number of nitrogens with zero attached hydrogens (tertiary/aromatic N) is 2. The fraction of sp³-hybridized carbons (Fsp3) is 0.111. The number of nitrogens with two attached hydrogens (primary N) is 1. The zero-order chi connectivity index (χ0) is 18.1. The van der Waals surface area contributed by atoms with Gasteiger partial charge in [-0.05, 0) is 36.8 Å². The molecule has 3 aromatic rings. The smallest absolute Gasteiger partial charge is 0.231 e. The summed E-state index contributed by atoms with van der Waals surface area (Å²) in [4.78, 5) is 8.43. The SMILES string of the molecule is Cc1ccc(Nc2ncnc(Nc3ccc4c(c3)OCO4)c2N)cc1Cl. The molecular formula is C18H16ClN5O2. The van der Waals surface area contributed by atoms with Gasteiger partial charge in [0, 0.05) is 22.5 Å². The van der Waals surface area contributed by atoms with E-state index in [1.807, 2.05) is 43.3 Å². The molecule has 8 heteroatoms. The number of rotatable bonds is 4. The lowest BCUT2D eigenvalue weighted by atomic mass is 10.2. The number of anilines is 5. The Labute approximate surface area is 155 Å². The average Bonchev–Trinajstić information content (AvgIpc) is 3.09. The number of nitrogens with one attached hydrogen (secondary N) is 2. The van der Waals surface area contributed by atoms with Crippen LogP contribution in [0.4, 0.5) is 28.7 Å². The highest BCUT2D eigenvalue weighted by Crippen LogP contribution is 2.36. The second-order valence-electron chi connectivity index (χ2n) is 5.77. The Balaban J connectivity index is 1.58. The summed E-state index contributed by atoms with van der Waals surface area (Å²) in [6.07, 6.45) is 1.43. The second kappa shape index (κ2) is 6.61. The monoisotopic (exact) mass is 369 g/mol. The van der Waals surface area contributed by atoms with Gasteiger partial charge >= 0.3 is 0 Å². The zero-order valence-electron chi connectivity index (χ0n) is 13.9. The normalized spacial score (nSPS) is 12.1. The standard InChI is InChI=1S/C18H16ClN5O2/c1-10-2-3-11(6-13(10)19)23-17-16(20)18(22-8-21-17)24-12-4-5-14-15(7-12)26-9-25-14/h2-8H,9,20H2,1H3,(H2,21,22,23,24). The third-order valence-electron chi connectivity index (χ3n) is 3.95. The summed E-state index contributed by atoms with van der Waals surface area (Å²) in [5.41, 5.74) is 9.18. The Bertz CT molecular complexity index is 980. The van der Waals surface area contributed by atoms with Crippen molar-refractivity contribution in [3.8, 4) is 11.5 Å². The van der Waals surface area contributed by atoms with Gasteiger partial charge in [-0.15, -0.1) is 0 Å². The highest BCUT2D eigenvalue weighted by molar-refractivity contribution is 6.31. The summed E-state index contributed by atoms with van der Waals surface area (Å²) in [6.45, 7) is 2.17. The summed E-state index contributed by atoms with van der Waals surface area (Å²) in [7, 11) is 0. The fourth-order valence-electron chi connectivity index (χ4n) is 2.51. The fourth-order valence-corrected chi connectivity index (χ4v) is 2.69. The van der Waals surface area contributed by atoms with Crippen LogP contribution in [0.25, 0.3) is 0 Å². The first-order valence-electron chi connectivity index (χ1n) is 7.90. The molecule has 0 amide bonds. The molecule has 0 atom stereocenters. The van der Waals surface area contributed by atoms with Gasteiger partial charge < -0.3 is 25.8 Å². The largest absolute Gasteiger partial charge is 0.454 e. The van der Waals surface area contributed by atoms with Crippen LogP contribution in [0.3, 0.4) is 0 Å². The number of aryl methyl sites for hydroxylation is 1. The van der Waals surface area contributed by atoms with Crippen molar-refractivity contribution in [2.45, 2.75) is 6.92 Å². The number of aromatic nitrogens is 2. The predicted molar refractivity (Wildman–Crippen MR) is 102 cm³/mol. The Morgan fingerprint density at radius 1 is 0.962 bits per heavy atom. The van der Waals surface area contributed by atoms with Crippen molar-refractivity contribution in [3.05, 3.63) is 53.3 Å². The lowest BCUT2D eigenvalue weighted by Gasteiger charge is -2.13. The van der Waals surface area contributed by atoms with Crippen LogP contribution in [0.2, 0.25) is 5.02 Å². The van der Waals surface area contributed by atoms with Gasteiger partial charge in [-0.3, -0.25) is 0 Å². The maximum atomic E-state index is 6.22. The van der Waals surface area contributed by atoms with Gasteiger partial charge in [0.15, 0.2) is 23.1 Å². The highest BCUT2D eigenvalue weighted by atomic mass is 35.5. The molecule has 2 heterocycles. The molecule has 2 aromatic carbocycles. The van der Waals surface area contributed by atoms with E-state index >= 15 is 0 Å². The van der Waals surface area contributed by atoms with Crippen LogP contribution in [0.1, 0.15) is 5.56 Å². The number of hydrogen-bond donors (Lipinski definition) is 3. The number of benzene rings is 2. The van der Waals surface area contributed by atoms with Gasteiger partial charge in [-0.2, -0.15) is 0 Å². The summed E-state index contributed by atoms with van der Waals surface area (Å²) in [6, 6.07) is 11.2. The number of fused-ring (bicyclic) bond motifs is 1. The first-order chi connectivity index (χ1) is 12.6. The van der Waals surface area contributed by atoms with E-state index in [-0.39, 0.29) is 6.79 Å². The molecule has 4 rings (SSSR count). The van der Waals surface area contributed by atoms with Crippen LogP contribution >= 0.6 is 11.6 Å². The minimum absolute atomic E-state index is 0.224. The van der Waals surface area contributed by atoms with Gasteiger partial charge in [0.1, 0.15) is 12.0 Å². The average molecular weight is 370 g/mol. The lowest BCUT2D eigenvalue weighted by Crippen LogP contribution is -2.05. The lowest BCUT2D eigenvalue weighted by molar-refractivity contribution is 0.174. The van der Waals surface area contributed by atoms with E-state index in [0.717, 1.165) is 16.9 Å². The molecular weight excluding hydrogens is 354 g/mol. The number of ether oxygens (including phenoxy) is 2. The number of hydrogen-bond acceptors (Lipinski definition) is 7. The summed E-state index contributed by atoms with van der Waals surface area (Å²) < 4.78 is 10.7. The van der Waals surface area contributed by atoms with Crippen LogP contribution in [0, 0.1) is 6.92 Å². The molecule has 7 nitrogen and oxygen atoms in total. The number of nitrogen functional groups attached to an aromatic ring is 1. The molecule has 132 valence electrons. The van der Waals surface area contributed by atoms with E-state index < -0.39 is 0 Å².